The zero-order chi connectivity index (χ0) is 22.0. The van der Waals surface area contributed by atoms with Crippen LogP contribution in [0.2, 0.25) is 0 Å². The van der Waals surface area contributed by atoms with Crippen molar-refractivity contribution in [2.45, 2.75) is 57.5 Å². The van der Waals surface area contributed by atoms with Crippen LogP contribution < -0.4 is 21.7 Å². The molecule has 6 unspecified atom stereocenters. The van der Waals surface area contributed by atoms with Crippen LogP contribution in [0.3, 0.4) is 0 Å². The molecule has 0 aromatic rings. The fourth-order valence-corrected chi connectivity index (χ4v) is 2.34. The molecule has 0 saturated carbocycles. The average molecular weight is 423 g/mol. The van der Waals surface area contributed by atoms with E-state index in [0.29, 0.717) is 6.42 Å². The molecule has 0 aromatic heterocycles. The van der Waals surface area contributed by atoms with Crippen molar-refractivity contribution in [3.8, 4) is 0 Å². The highest BCUT2D eigenvalue weighted by molar-refractivity contribution is 7.80. The topological polar surface area (TPSA) is 191 Å². The van der Waals surface area contributed by atoms with Crippen LogP contribution in [0.25, 0.3) is 0 Å². The number of carbonyl (C=O) groups is 4. The molecule has 0 aliphatic heterocycles. The summed E-state index contributed by atoms with van der Waals surface area (Å²) in [7, 11) is 0. The maximum absolute atomic E-state index is 12.4. The van der Waals surface area contributed by atoms with Crippen LogP contribution in [-0.2, 0) is 19.2 Å². The summed E-state index contributed by atoms with van der Waals surface area (Å²) in [6.07, 6.45) is -0.654. The number of nitrogens with one attached hydrogen (secondary N) is 3. The molecule has 12 heteroatoms. The smallest absolute Gasteiger partial charge is 0.328 e. The van der Waals surface area contributed by atoms with Gasteiger partial charge >= 0.3 is 5.97 Å². The number of aliphatic hydroxyl groups excluding tert-OH is 2. The first-order valence-corrected chi connectivity index (χ1v) is 9.42. The van der Waals surface area contributed by atoms with Crippen molar-refractivity contribution >= 4 is 36.3 Å². The van der Waals surface area contributed by atoms with E-state index in [1.807, 2.05) is 6.92 Å². The van der Waals surface area contributed by atoms with Crippen molar-refractivity contribution < 1.29 is 34.5 Å². The number of carboxylic acids is 1. The van der Waals surface area contributed by atoms with E-state index < -0.39 is 60.6 Å². The van der Waals surface area contributed by atoms with Gasteiger partial charge in [0.25, 0.3) is 0 Å². The van der Waals surface area contributed by atoms with Gasteiger partial charge in [-0.2, -0.15) is 12.6 Å². The number of carboxylic acid groups (broad SMARTS) is 1. The van der Waals surface area contributed by atoms with Crippen LogP contribution in [0, 0.1) is 5.92 Å². The van der Waals surface area contributed by atoms with Gasteiger partial charge in [-0.05, 0) is 12.8 Å². The van der Waals surface area contributed by atoms with E-state index in [9.17, 15) is 24.3 Å². The molecular formula is C16H30N4O7S. The lowest BCUT2D eigenvalue weighted by molar-refractivity contribution is -0.143. The molecule has 0 radical (unpaired) electrons. The van der Waals surface area contributed by atoms with Crippen LogP contribution in [0.1, 0.15) is 27.2 Å². The third kappa shape index (κ3) is 8.00. The van der Waals surface area contributed by atoms with Gasteiger partial charge in [0, 0.05) is 5.75 Å². The molecule has 0 rings (SSSR count). The summed E-state index contributed by atoms with van der Waals surface area (Å²) in [5.74, 6) is -4.19. The number of aliphatic carboxylic acids is 1. The number of amides is 3. The van der Waals surface area contributed by atoms with Gasteiger partial charge in [-0.25, -0.2) is 4.79 Å². The zero-order valence-corrected chi connectivity index (χ0v) is 17.0. The third-order valence-electron chi connectivity index (χ3n) is 4.24. The highest BCUT2D eigenvalue weighted by Gasteiger charge is 2.32. The average Bonchev–Trinajstić information content (AvgIpc) is 2.65. The number of rotatable bonds is 12. The van der Waals surface area contributed by atoms with Gasteiger partial charge in [-0.3, -0.25) is 14.4 Å². The Morgan fingerprint density at radius 2 is 1.54 bits per heavy atom. The first-order chi connectivity index (χ1) is 13.0. The number of hydrogen-bond donors (Lipinski definition) is 8. The normalized spacial score (nSPS) is 17.4. The Bertz CT molecular complexity index is 561. The van der Waals surface area contributed by atoms with Crippen molar-refractivity contribution in [1.29, 1.82) is 0 Å². The van der Waals surface area contributed by atoms with E-state index in [4.69, 9.17) is 15.9 Å². The molecule has 0 spiro atoms. The van der Waals surface area contributed by atoms with E-state index in [1.54, 1.807) is 6.92 Å². The number of aliphatic hydroxyl groups is 2. The molecule has 0 aliphatic carbocycles. The largest absolute Gasteiger partial charge is 0.480 e. The Morgan fingerprint density at radius 3 is 1.93 bits per heavy atom. The van der Waals surface area contributed by atoms with Crippen molar-refractivity contribution in [3.63, 3.8) is 0 Å². The molecule has 11 nitrogen and oxygen atoms in total. The van der Waals surface area contributed by atoms with E-state index in [0.717, 1.165) is 0 Å². The molecule has 8 N–H and O–H groups in total. The lowest BCUT2D eigenvalue weighted by Gasteiger charge is -2.26. The second-order valence-electron chi connectivity index (χ2n) is 6.46. The number of hydrogen-bond acceptors (Lipinski definition) is 8. The van der Waals surface area contributed by atoms with Crippen LogP contribution in [0.4, 0.5) is 0 Å². The minimum atomic E-state index is -1.55. The minimum Gasteiger partial charge on any atom is -0.480 e. The molecule has 162 valence electrons. The van der Waals surface area contributed by atoms with E-state index in [-0.39, 0.29) is 11.7 Å². The Kier molecular flexibility index (Phi) is 11.7. The molecule has 0 aliphatic rings. The summed E-state index contributed by atoms with van der Waals surface area (Å²) in [6, 6.07) is -5.08. The lowest BCUT2D eigenvalue weighted by atomic mass is 9.98. The second kappa shape index (κ2) is 12.5. The summed E-state index contributed by atoms with van der Waals surface area (Å²) in [5.41, 5.74) is 5.81. The van der Waals surface area contributed by atoms with Gasteiger partial charge in [0.05, 0.1) is 18.8 Å². The van der Waals surface area contributed by atoms with E-state index >= 15 is 0 Å². The first kappa shape index (κ1) is 26.1. The lowest BCUT2D eigenvalue weighted by Crippen LogP contribution is -2.60. The monoisotopic (exact) mass is 422 g/mol. The number of nitrogens with two attached hydrogens (primary N) is 1. The molecule has 28 heavy (non-hydrogen) atoms. The quantitative estimate of drug-likeness (QED) is 0.155. The van der Waals surface area contributed by atoms with Gasteiger partial charge in [0.2, 0.25) is 17.7 Å². The van der Waals surface area contributed by atoms with Gasteiger partial charge in [-0.15, -0.1) is 0 Å². The molecule has 0 bridgehead atoms. The maximum Gasteiger partial charge on any atom is 0.328 e. The van der Waals surface area contributed by atoms with E-state index in [2.05, 4.69) is 28.6 Å². The molecule has 0 fully saturated rings. The highest BCUT2D eigenvalue weighted by Crippen LogP contribution is 2.06. The highest BCUT2D eigenvalue weighted by atomic mass is 32.1. The molecule has 6 atom stereocenters. The van der Waals surface area contributed by atoms with Crippen molar-refractivity contribution in [1.82, 2.24) is 16.0 Å². The predicted octanol–water partition coefficient (Wildman–Crippen LogP) is -2.80. The van der Waals surface area contributed by atoms with Gasteiger partial charge in [-0.1, -0.05) is 20.3 Å². The fourth-order valence-electron chi connectivity index (χ4n) is 2.08. The SMILES string of the molecule is CCC(C)C(N)C(=O)NC(C(=O)NC(CS)C(=O)NC(CO)C(=O)O)C(C)O. The van der Waals surface area contributed by atoms with Crippen LogP contribution in [0.5, 0.6) is 0 Å². The van der Waals surface area contributed by atoms with Crippen LogP contribution in [0.15, 0.2) is 0 Å². The molecule has 0 aromatic carbocycles. The summed E-state index contributed by atoms with van der Waals surface area (Å²) in [4.78, 5) is 47.6. The zero-order valence-electron chi connectivity index (χ0n) is 16.1. The Balaban J connectivity index is 5.12. The molecular weight excluding hydrogens is 392 g/mol. The van der Waals surface area contributed by atoms with Gasteiger partial charge in [0.15, 0.2) is 0 Å². The maximum atomic E-state index is 12.4. The summed E-state index contributed by atoms with van der Waals surface area (Å²) < 4.78 is 0. The van der Waals surface area contributed by atoms with Crippen molar-refractivity contribution in [2.24, 2.45) is 11.7 Å². The van der Waals surface area contributed by atoms with E-state index in [1.165, 1.54) is 6.92 Å². The third-order valence-corrected chi connectivity index (χ3v) is 4.60. The number of thiol groups is 1. The minimum absolute atomic E-state index is 0.153. The van der Waals surface area contributed by atoms with Gasteiger partial charge in [0.1, 0.15) is 18.1 Å². The Labute approximate surface area is 168 Å². The van der Waals surface area contributed by atoms with Crippen LogP contribution >= 0.6 is 12.6 Å². The molecule has 0 saturated heterocycles. The second-order valence-corrected chi connectivity index (χ2v) is 6.83. The van der Waals surface area contributed by atoms with Crippen molar-refractivity contribution in [3.05, 3.63) is 0 Å². The fraction of sp³-hybridized carbons (Fsp3) is 0.750. The molecule has 3 amide bonds. The molecule has 0 heterocycles. The van der Waals surface area contributed by atoms with Gasteiger partial charge < -0.3 is 37.0 Å². The van der Waals surface area contributed by atoms with Crippen molar-refractivity contribution in [2.75, 3.05) is 12.4 Å². The van der Waals surface area contributed by atoms with Crippen LogP contribution in [-0.4, -0.2) is 81.6 Å². The Morgan fingerprint density at radius 1 is 1.00 bits per heavy atom. The number of carbonyl (C=O) groups excluding carboxylic acids is 3. The standard InChI is InChI=1S/C16H30N4O7S/c1-4-7(2)11(17)14(24)20-12(8(3)22)15(25)19-10(6-28)13(23)18-9(5-21)16(26)27/h7-12,21-22,28H,4-6,17H2,1-3H3,(H,18,23)(H,19,25)(H,20,24)(H,26,27). The predicted molar refractivity (Wildman–Crippen MR) is 103 cm³/mol. The summed E-state index contributed by atoms with van der Waals surface area (Å²) >= 11 is 3.94. The summed E-state index contributed by atoms with van der Waals surface area (Å²) in [6.45, 7) is 4.06. The summed E-state index contributed by atoms with van der Waals surface area (Å²) in [5, 5.41) is 34.4. The first-order valence-electron chi connectivity index (χ1n) is 8.79. The Hall–Kier alpha value is -1.89.